The van der Waals surface area contributed by atoms with Gasteiger partial charge in [-0.1, -0.05) is 90.1 Å². The van der Waals surface area contributed by atoms with Crippen molar-refractivity contribution in [3.05, 3.63) is 89.7 Å². The molecule has 3 nitrogen and oxygen atoms in total. The van der Waals surface area contributed by atoms with Crippen LogP contribution in [0.2, 0.25) is 0 Å². The average molecular weight is 443 g/mol. The van der Waals surface area contributed by atoms with Gasteiger partial charge in [-0.05, 0) is 60.6 Å². The summed E-state index contributed by atoms with van der Waals surface area (Å²) in [6.07, 6.45) is 9.06. The number of para-hydroxylation sites is 1. The fourth-order valence-corrected chi connectivity index (χ4v) is 4.68. The Balaban J connectivity index is 0.00000113. The van der Waals surface area contributed by atoms with Gasteiger partial charge in [0.15, 0.2) is 0 Å². The molecule has 0 saturated heterocycles. The number of allylic oxidation sites excluding steroid dienone is 3. The van der Waals surface area contributed by atoms with Crippen molar-refractivity contribution in [3.8, 4) is 5.75 Å². The largest absolute Gasteiger partial charge is 0.435 e. The molecule has 0 spiro atoms. The molecule has 1 aliphatic rings. The van der Waals surface area contributed by atoms with Crippen LogP contribution < -0.4 is 4.52 Å². The standard InChI is InChI=1S/C23H27O3P.2C2H6/c1-3-19(2)21-16-14-20(15-17-21)18-27(24,25-22-10-6-4-7-11-22)26-23-12-8-5-9-13-23;2*1-2/h4,6-8,10-17,19H,3,5,9,18H2,1-2H3;2*1-2H3. The summed E-state index contributed by atoms with van der Waals surface area (Å²) in [4.78, 5) is 0. The van der Waals surface area contributed by atoms with E-state index < -0.39 is 7.60 Å². The van der Waals surface area contributed by atoms with Crippen LogP contribution >= 0.6 is 7.60 Å². The van der Waals surface area contributed by atoms with Crippen LogP contribution in [-0.2, 0) is 15.3 Å². The van der Waals surface area contributed by atoms with E-state index in [1.165, 1.54) is 5.56 Å². The van der Waals surface area contributed by atoms with Crippen LogP contribution in [0.5, 0.6) is 5.75 Å². The number of rotatable bonds is 8. The third kappa shape index (κ3) is 9.19. The number of hydrogen-bond acceptors (Lipinski definition) is 3. The Hall–Kier alpha value is -2.25. The third-order valence-electron chi connectivity index (χ3n) is 4.73. The van der Waals surface area contributed by atoms with E-state index in [1.54, 1.807) is 12.1 Å². The zero-order valence-corrected chi connectivity index (χ0v) is 20.9. The highest BCUT2D eigenvalue weighted by Crippen LogP contribution is 2.53. The average Bonchev–Trinajstić information content (AvgIpc) is 2.82. The van der Waals surface area contributed by atoms with E-state index in [9.17, 15) is 4.57 Å². The Morgan fingerprint density at radius 3 is 2.10 bits per heavy atom. The van der Waals surface area contributed by atoms with Crippen molar-refractivity contribution in [2.45, 2.75) is 72.9 Å². The zero-order valence-electron chi connectivity index (χ0n) is 20.0. The highest BCUT2D eigenvalue weighted by molar-refractivity contribution is 7.53. The molecule has 0 bridgehead atoms. The molecule has 0 aliphatic heterocycles. The second-order valence-electron chi connectivity index (χ2n) is 6.90. The SMILES string of the molecule is CC.CC.CCC(C)c1ccc(CP(=O)(OC2=CCCC=C2)Oc2ccccc2)cc1. The van der Waals surface area contributed by atoms with E-state index in [2.05, 4.69) is 26.0 Å². The summed E-state index contributed by atoms with van der Waals surface area (Å²) in [5.74, 6) is 1.69. The first kappa shape index (κ1) is 26.8. The molecule has 0 aromatic heterocycles. The van der Waals surface area contributed by atoms with Gasteiger partial charge in [0.2, 0.25) is 0 Å². The van der Waals surface area contributed by atoms with E-state index in [0.29, 0.717) is 17.4 Å². The number of benzene rings is 2. The van der Waals surface area contributed by atoms with Crippen LogP contribution in [-0.4, -0.2) is 0 Å². The minimum absolute atomic E-state index is 0.230. The van der Waals surface area contributed by atoms with Crippen LogP contribution in [0.3, 0.4) is 0 Å². The van der Waals surface area contributed by atoms with Crippen molar-refractivity contribution < 1.29 is 13.6 Å². The quantitative estimate of drug-likeness (QED) is 0.382. The molecule has 0 radical (unpaired) electrons. The third-order valence-corrected chi connectivity index (χ3v) is 6.46. The minimum Gasteiger partial charge on any atom is -0.416 e. The first-order valence-corrected chi connectivity index (χ1v) is 13.3. The number of hydrogen-bond donors (Lipinski definition) is 0. The first-order valence-electron chi connectivity index (χ1n) is 11.6. The van der Waals surface area contributed by atoms with Gasteiger partial charge in [0, 0.05) is 0 Å². The van der Waals surface area contributed by atoms with Gasteiger partial charge in [-0.25, -0.2) is 4.57 Å². The Kier molecular flexibility index (Phi) is 12.7. The topological polar surface area (TPSA) is 35.5 Å². The summed E-state index contributed by atoms with van der Waals surface area (Å²) in [5, 5.41) is 0. The predicted molar refractivity (Wildman–Crippen MR) is 134 cm³/mol. The van der Waals surface area contributed by atoms with Crippen LogP contribution in [0.1, 0.15) is 77.8 Å². The maximum atomic E-state index is 13.6. The molecule has 3 rings (SSSR count). The summed E-state index contributed by atoms with van der Waals surface area (Å²) in [5.41, 5.74) is 2.24. The molecule has 0 N–H and O–H groups in total. The molecule has 2 atom stereocenters. The van der Waals surface area contributed by atoms with Crippen LogP contribution in [0.4, 0.5) is 0 Å². The monoisotopic (exact) mass is 442 g/mol. The van der Waals surface area contributed by atoms with Gasteiger partial charge >= 0.3 is 7.60 Å². The van der Waals surface area contributed by atoms with E-state index in [1.807, 2.05) is 76.3 Å². The summed E-state index contributed by atoms with van der Waals surface area (Å²) in [7, 11) is -3.40. The predicted octanol–water partition coefficient (Wildman–Crippen LogP) is 9.28. The van der Waals surface area contributed by atoms with Crippen molar-refractivity contribution in [1.82, 2.24) is 0 Å². The van der Waals surface area contributed by atoms with Gasteiger partial charge in [0.05, 0.1) is 6.16 Å². The minimum atomic E-state index is -3.40. The maximum absolute atomic E-state index is 13.6. The van der Waals surface area contributed by atoms with Gasteiger partial charge in [-0.3, -0.25) is 0 Å². The van der Waals surface area contributed by atoms with Crippen LogP contribution in [0.15, 0.2) is 78.6 Å². The molecule has 2 aromatic rings. The smallest absolute Gasteiger partial charge is 0.416 e. The maximum Gasteiger partial charge on any atom is 0.435 e. The van der Waals surface area contributed by atoms with Crippen molar-refractivity contribution in [1.29, 1.82) is 0 Å². The second-order valence-corrected chi connectivity index (χ2v) is 8.80. The van der Waals surface area contributed by atoms with E-state index in [4.69, 9.17) is 9.05 Å². The van der Waals surface area contributed by atoms with Crippen molar-refractivity contribution in [3.63, 3.8) is 0 Å². The van der Waals surface area contributed by atoms with E-state index >= 15 is 0 Å². The van der Waals surface area contributed by atoms with Crippen molar-refractivity contribution >= 4 is 7.60 Å². The lowest BCUT2D eigenvalue weighted by atomic mass is 9.98. The van der Waals surface area contributed by atoms with Gasteiger partial charge < -0.3 is 9.05 Å². The van der Waals surface area contributed by atoms with Gasteiger partial charge in [0.25, 0.3) is 0 Å². The van der Waals surface area contributed by atoms with E-state index in [0.717, 1.165) is 24.8 Å². The molecule has 0 amide bonds. The Morgan fingerprint density at radius 2 is 1.55 bits per heavy atom. The lowest BCUT2D eigenvalue weighted by Gasteiger charge is -2.22. The molecule has 4 heteroatoms. The Morgan fingerprint density at radius 1 is 0.903 bits per heavy atom. The van der Waals surface area contributed by atoms with Crippen molar-refractivity contribution in [2.24, 2.45) is 0 Å². The molecular weight excluding hydrogens is 403 g/mol. The summed E-state index contributed by atoms with van der Waals surface area (Å²) in [6.45, 7) is 12.4. The molecule has 0 heterocycles. The molecule has 2 unspecified atom stereocenters. The van der Waals surface area contributed by atoms with Gasteiger partial charge in [0.1, 0.15) is 11.5 Å². The highest BCUT2D eigenvalue weighted by atomic mass is 31.2. The second kappa shape index (κ2) is 14.7. The van der Waals surface area contributed by atoms with Gasteiger partial charge in [-0.2, -0.15) is 0 Å². The lowest BCUT2D eigenvalue weighted by molar-refractivity contribution is 0.335. The van der Waals surface area contributed by atoms with E-state index in [-0.39, 0.29) is 6.16 Å². The lowest BCUT2D eigenvalue weighted by Crippen LogP contribution is -2.02. The first-order chi connectivity index (χ1) is 15.1. The normalized spacial score (nSPS) is 15.1. The highest BCUT2D eigenvalue weighted by Gasteiger charge is 2.29. The Bertz CT molecular complexity index is 839. The summed E-state index contributed by atoms with van der Waals surface area (Å²) >= 11 is 0. The Labute approximate surface area is 189 Å². The molecule has 0 fully saturated rings. The van der Waals surface area contributed by atoms with Crippen LogP contribution in [0, 0.1) is 0 Å². The molecule has 31 heavy (non-hydrogen) atoms. The molecule has 1 aliphatic carbocycles. The van der Waals surface area contributed by atoms with Crippen LogP contribution in [0.25, 0.3) is 0 Å². The zero-order chi connectivity index (χ0) is 23.1. The molecule has 170 valence electrons. The molecule has 0 saturated carbocycles. The fourth-order valence-electron chi connectivity index (χ4n) is 2.95. The summed E-state index contributed by atoms with van der Waals surface area (Å²) in [6, 6.07) is 17.5. The van der Waals surface area contributed by atoms with Crippen molar-refractivity contribution in [2.75, 3.05) is 0 Å². The summed E-state index contributed by atoms with van der Waals surface area (Å²) < 4.78 is 25.3. The fraction of sp³-hybridized carbons (Fsp3) is 0.407. The van der Waals surface area contributed by atoms with Gasteiger partial charge in [-0.15, -0.1) is 0 Å². The molecular formula is C27H39O3P. The molecule has 2 aromatic carbocycles.